The molecule has 1 aromatic carbocycles. The van der Waals surface area contributed by atoms with E-state index < -0.39 is 28.5 Å². The second kappa shape index (κ2) is 5.53. The number of hydrogen-bond acceptors (Lipinski definition) is 5. The lowest BCUT2D eigenvalue weighted by Gasteiger charge is -2.30. The lowest BCUT2D eigenvalue weighted by atomic mass is 10.1. The van der Waals surface area contributed by atoms with Crippen LogP contribution in [0.2, 0.25) is 0 Å². The molecule has 0 radical (unpaired) electrons. The third-order valence-electron chi connectivity index (χ3n) is 4.91. The summed E-state index contributed by atoms with van der Waals surface area (Å²) in [5, 5.41) is 22.9. The summed E-state index contributed by atoms with van der Waals surface area (Å²) in [6.07, 6.45) is 2.09. The zero-order valence-corrected chi connectivity index (χ0v) is 13.5. The van der Waals surface area contributed by atoms with Gasteiger partial charge >= 0.3 is 5.97 Å². The SMILES string of the molecule is O=C(O)c1cn(C2(O)CC2)c2cc(N3CCNCC3)c(F)cc2c1=O. The number of nitrogens with zero attached hydrogens (tertiary/aromatic N) is 2. The van der Waals surface area contributed by atoms with Crippen molar-refractivity contribution in [3.8, 4) is 0 Å². The molecule has 1 saturated carbocycles. The third-order valence-corrected chi connectivity index (χ3v) is 4.91. The van der Waals surface area contributed by atoms with Gasteiger partial charge in [-0.05, 0) is 25.0 Å². The Labute approximate surface area is 142 Å². The highest BCUT2D eigenvalue weighted by molar-refractivity contribution is 5.93. The Kier molecular flexibility index (Phi) is 3.55. The Morgan fingerprint density at radius 1 is 1.24 bits per heavy atom. The van der Waals surface area contributed by atoms with Gasteiger partial charge in [-0.2, -0.15) is 0 Å². The van der Waals surface area contributed by atoms with Crippen molar-refractivity contribution in [3.63, 3.8) is 0 Å². The number of hydrogen-bond donors (Lipinski definition) is 3. The van der Waals surface area contributed by atoms with Gasteiger partial charge in [0.15, 0.2) is 0 Å². The first-order valence-electron chi connectivity index (χ1n) is 8.21. The molecule has 0 atom stereocenters. The zero-order valence-electron chi connectivity index (χ0n) is 13.5. The van der Waals surface area contributed by atoms with Crippen molar-refractivity contribution in [1.29, 1.82) is 0 Å². The second-order valence-corrected chi connectivity index (χ2v) is 6.59. The Morgan fingerprint density at radius 2 is 1.92 bits per heavy atom. The van der Waals surface area contributed by atoms with E-state index in [1.165, 1.54) is 10.8 Å². The molecule has 0 bridgehead atoms. The number of nitrogens with one attached hydrogen (secondary N) is 1. The summed E-state index contributed by atoms with van der Waals surface area (Å²) in [5.41, 5.74) is -1.72. The second-order valence-electron chi connectivity index (χ2n) is 6.59. The first-order chi connectivity index (χ1) is 11.9. The molecule has 1 aliphatic carbocycles. The lowest BCUT2D eigenvalue weighted by Crippen LogP contribution is -2.44. The van der Waals surface area contributed by atoms with Crippen LogP contribution in [-0.2, 0) is 5.72 Å². The Hall–Kier alpha value is -2.45. The molecule has 8 heteroatoms. The van der Waals surface area contributed by atoms with E-state index in [4.69, 9.17) is 0 Å². The van der Waals surface area contributed by atoms with Gasteiger partial charge < -0.3 is 25.0 Å². The summed E-state index contributed by atoms with van der Waals surface area (Å²) in [5.74, 6) is -1.96. The topological polar surface area (TPSA) is 94.8 Å². The number of aromatic carboxylic acids is 1. The van der Waals surface area contributed by atoms with Crippen molar-refractivity contribution < 1.29 is 19.4 Å². The standard InChI is InChI=1S/C17H18FN3O4/c18-12-7-10-13(8-14(12)20-5-3-19-4-6-20)21(17(25)1-2-17)9-11(15(10)22)16(23)24/h7-9,19,25H,1-6H2,(H,23,24). The zero-order chi connectivity index (χ0) is 17.8. The van der Waals surface area contributed by atoms with Gasteiger partial charge in [0.25, 0.3) is 0 Å². The molecule has 0 amide bonds. The third kappa shape index (κ3) is 2.58. The van der Waals surface area contributed by atoms with Gasteiger partial charge in [-0.3, -0.25) is 4.79 Å². The molecule has 1 aromatic heterocycles. The first-order valence-corrected chi connectivity index (χ1v) is 8.21. The molecule has 2 heterocycles. The van der Waals surface area contributed by atoms with E-state index in [9.17, 15) is 24.2 Å². The number of benzene rings is 1. The number of pyridine rings is 1. The summed E-state index contributed by atoms with van der Waals surface area (Å²) in [4.78, 5) is 25.7. The summed E-state index contributed by atoms with van der Waals surface area (Å²) in [7, 11) is 0. The molecule has 132 valence electrons. The van der Waals surface area contributed by atoms with Crippen LogP contribution in [0.3, 0.4) is 0 Å². The largest absolute Gasteiger partial charge is 0.477 e. The van der Waals surface area contributed by atoms with Gasteiger partial charge in [0.05, 0.1) is 11.2 Å². The van der Waals surface area contributed by atoms with E-state index in [0.29, 0.717) is 37.1 Å². The van der Waals surface area contributed by atoms with Crippen molar-refractivity contribution >= 4 is 22.6 Å². The molecule has 2 aliphatic rings. The van der Waals surface area contributed by atoms with Crippen molar-refractivity contribution in [2.24, 2.45) is 0 Å². The summed E-state index contributed by atoms with van der Waals surface area (Å²) in [6, 6.07) is 2.63. The maximum absolute atomic E-state index is 14.6. The number of anilines is 1. The minimum absolute atomic E-state index is 0.0309. The van der Waals surface area contributed by atoms with Gasteiger partial charge in [0.2, 0.25) is 5.43 Å². The van der Waals surface area contributed by atoms with Crippen LogP contribution in [0.1, 0.15) is 23.2 Å². The van der Waals surface area contributed by atoms with Crippen molar-refractivity contribution in [2.45, 2.75) is 18.6 Å². The number of halogens is 1. The molecule has 1 aliphatic heterocycles. The fraction of sp³-hybridized carbons (Fsp3) is 0.412. The number of aliphatic hydroxyl groups is 1. The van der Waals surface area contributed by atoms with Gasteiger partial charge in [-0.1, -0.05) is 0 Å². The van der Waals surface area contributed by atoms with Crippen LogP contribution in [0.5, 0.6) is 0 Å². The molecular formula is C17H18FN3O4. The van der Waals surface area contributed by atoms with E-state index in [1.807, 2.05) is 4.90 Å². The quantitative estimate of drug-likeness (QED) is 0.756. The highest BCUT2D eigenvalue weighted by Gasteiger charge is 2.43. The van der Waals surface area contributed by atoms with Crippen LogP contribution >= 0.6 is 0 Å². The summed E-state index contributed by atoms with van der Waals surface area (Å²) < 4.78 is 16.0. The molecule has 2 aromatic rings. The van der Waals surface area contributed by atoms with E-state index in [1.54, 1.807) is 6.07 Å². The van der Waals surface area contributed by atoms with Crippen LogP contribution in [-0.4, -0.2) is 46.9 Å². The maximum atomic E-state index is 14.6. The fourth-order valence-corrected chi connectivity index (χ4v) is 3.33. The maximum Gasteiger partial charge on any atom is 0.341 e. The highest BCUT2D eigenvalue weighted by Crippen LogP contribution is 2.42. The average Bonchev–Trinajstić information content (AvgIpc) is 3.34. The molecule has 0 unspecified atom stereocenters. The van der Waals surface area contributed by atoms with Crippen molar-refractivity contribution in [2.75, 3.05) is 31.1 Å². The predicted octanol–water partition coefficient (Wildman–Crippen LogP) is 0.687. The van der Waals surface area contributed by atoms with Crippen LogP contribution < -0.4 is 15.6 Å². The average molecular weight is 347 g/mol. The van der Waals surface area contributed by atoms with Gasteiger partial charge in [-0.25, -0.2) is 9.18 Å². The van der Waals surface area contributed by atoms with Crippen LogP contribution in [0.4, 0.5) is 10.1 Å². The molecule has 2 fully saturated rings. The van der Waals surface area contributed by atoms with E-state index in [2.05, 4.69) is 5.32 Å². The molecule has 0 spiro atoms. The Bertz CT molecular complexity index is 930. The van der Waals surface area contributed by atoms with E-state index in [0.717, 1.165) is 19.2 Å². The van der Waals surface area contributed by atoms with Gasteiger partial charge in [0, 0.05) is 37.8 Å². The molecular weight excluding hydrogens is 329 g/mol. The van der Waals surface area contributed by atoms with Gasteiger partial charge in [0.1, 0.15) is 17.1 Å². The van der Waals surface area contributed by atoms with Crippen molar-refractivity contribution in [1.82, 2.24) is 9.88 Å². The minimum Gasteiger partial charge on any atom is -0.477 e. The normalized spacial score (nSPS) is 19.2. The summed E-state index contributed by atoms with van der Waals surface area (Å²) in [6.45, 7) is 2.71. The molecule has 1 saturated heterocycles. The molecule has 4 rings (SSSR count). The smallest absolute Gasteiger partial charge is 0.341 e. The number of carbonyl (C=O) groups is 1. The van der Waals surface area contributed by atoms with Gasteiger partial charge in [-0.15, -0.1) is 0 Å². The minimum atomic E-state index is -1.39. The van der Waals surface area contributed by atoms with E-state index >= 15 is 0 Å². The van der Waals surface area contributed by atoms with E-state index in [-0.39, 0.29) is 5.39 Å². The monoisotopic (exact) mass is 347 g/mol. The summed E-state index contributed by atoms with van der Waals surface area (Å²) >= 11 is 0. The van der Waals surface area contributed by atoms with Crippen LogP contribution in [0.15, 0.2) is 23.1 Å². The lowest BCUT2D eigenvalue weighted by molar-refractivity contribution is 0.0680. The fourth-order valence-electron chi connectivity index (χ4n) is 3.33. The highest BCUT2D eigenvalue weighted by atomic mass is 19.1. The molecule has 7 nitrogen and oxygen atoms in total. The molecule has 3 N–H and O–H groups in total. The Balaban J connectivity index is 1.98. The number of aromatic nitrogens is 1. The predicted molar refractivity (Wildman–Crippen MR) is 89.6 cm³/mol. The number of fused-ring (bicyclic) bond motifs is 1. The number of carboxylic acids is 1. The first kappa shape index (κ1) is 16.0. The van der Waals surface area contributed by atoms with Crippen molar-refractivity contribution in [3.05, 3.63) is 39.9 Å². The van der Waals surface area contributed by atoms with Crippen LogP contribution in [0.25, 0.3) is 10.9 Å². The number of piperazine rings is 1. The number of carboxylic acid groups (broad SMARTS) is 1. The number of rotatable bonds is 3. The Morgan fingerprint density at radius 3 is 2.52 bits per heavy atom. The molecule has 25 heavy (non-hydrogen) atoms. The van der Waals surface area contributed by atoms with Crippen LogP contribution in [0, 0.1) is 5.82 Å².